The van der Waals surface area contributed by atoms with Crippen molar-refractivity contribution in [2.75, 3.05) is 6.54 Å². The van der Waals surface area contributed by atoms with Crippen molar-refractivity contribution in [2.45, 2.75) is 13.5 Å². The van der Waals surface area contributed by atoms with Gasteiger partial charge in [-0.3, -0.25) is 0 Å². The number of halogens is 1. The number of phenols is 1. The lowest BCUT2D eigenvalue weighted by atomic mass is 10.2. The molecule has 0 aliphatic rings. The quantitative estimate of drug-likeness (QED) is 0.812. The molecule has 0 amide bonds. The van der Waals surface area contributed by atoms with Gasteiger partial charge in [-0.2, -0.15) is 0 Å². The second-order valence-electron chi connectivity index (χ2n) is 3.33. The zero-order valence-electron chi connectivity index (χ0n) is 8.18. The first kappa shape index (κ1) is 11.3. The van der Waals surface area contributed by atoms with Crippen LogP contribution in [0.15, 0.2) is 34.8 Å². The molecule has 3 heteroatoms. The Kier molecular flexibility index (Phi) is 4.17. The Balaban J connectivity index is 2.57. The minimum absolute atomic E-state index is 0.322. The van der Waals surface area contributed by atoms with E-state index in [1.165, 1.54) is 0 Å². The van der Waals surface area contributed by atoms with E-state index in [9.17, 15) is 5.11 Å². The second kappa shape index (κ2) is 5.17. The maximum atomic E-state index is 9.52. The first-order valence-electron chi connectivity index (χ1n) is 4.42. The number of rotatable bonds is 4. The minimum Gasteiger partial charge on any atom is -0.508 e. The SMILES string of the molecule is C=C(C)CNCc1cc(Br)ccc1O. The average Bonchev–Trinajstić information content (AvgIpc) is 2.10. The van der Waals surface area contributed by atoms with Crippen molar-refractivity contribution in [3.8, 4) is 5.75 Å². The third-order valence-electron chi connectivity index (χ3n) is 1.78. The van der Waals surface area contributed by atoms with Gasteiger partial charge in [-0.05, 0) is 25.1 Å². The molecule has 14 heavy (non-hydrogen) atoms. The van der Waals surface area contributed by atoms with Crippen LogP contribution in [0.5, 0.6) is 5.75 Å². The van der Waals surface area contributed by atoms with Crippen LogP contribution in [0.4, 0.5) is 0 Å². The van der Waals surface area contributed by atoms with Gasteiger partial charge >= 0.3 is 0 Å². The van der Waals surface area contributed by atoms with Gasteiger partial charge < -0.3 is 10.4 Å². The van der Waals surface area contributed by atoms with Gasteiger partial charge in [-0.25, -0.2) is 0 Å². The highest BCUT2D eigenvalue weighted by molar-refractivity contribution is 9.10. The molecule has 1 aromatic rings. The topological polar surface area (TPSA) is 32.3 Å². The molecule has 0 aliphatic carbocycles. The van der Waals surface area contributed by atoms with Crippen LogP contribution in [-0.4, -0.2) is 11.7 Å². The van der Waals surface area contributed by atoms with E-state index in [1.807, 2.05) is 19.1 Å². The molecule has 0 saturated carbocycles. The molecule has 0 fully saturated rings. The van der Waals surface area contributed by atoms with Crippen LogP contribution in [-0.2, 0) is 6.54 Å². The molecule has 0 bridgehead atoms. The maximum Gasteiger partial charge on any atom is 0.120 e. The van der Waals surface area contributed by atoms with E-state index in [1.54, 1.807) is 6.07 Å². The number of phenolic OH excluding ortho intramolecular Hbond substituents is 1. The van der Waals surface area contributed by atoms with E-state index in [0.717, 1.165) is 22.2 Å². The molecule has 0 saturated heterocycles. The Morgan fingerprint density at radius 1 is 1.57 bits per heavy atom. The van der Waals surface area contributed by atoms with Crippen LogP contribution in [0, 0.1) is 0 Å². The molecule has 0 aromatic heterocycles. The van der Waals surface area contributed by atoms with Crippen molar-refractivity contribution in [3.63, 3.8) is 0 Å². The Bertz CT molecular complexity index is 336. The van der Waals surface area contributed by atoms with Crippen molar-refractivity contribution in [2.24, 2.45) is 0 Å². The number of hydrogen-bond donors (Lipinski definition) is 2. The summed E-state index contributed by atoms with van der Waals surface area (Å²) >= 11 is 3.36. The second-order valence-corrected chi connectivity index (χ2v) is 4.25. The molecule has 2 nitrogen and oxygen atoms in total. The number of hydrogen-bond acceptors (Lipinski definition) is 2. The molecule has 1 rings (SSSR count). The minimum atomic E-state index is 0.322. The van der Waals surface area contributed by atoms with Gasteiger partial charge in [-0.15, -0.1) is 0 Å². The molecule has 0 heterocycles. The van der Waals surface area contributed by atoms with Gasteiger partial charge in [0.15, 0.2) is 0 Å². The molecule has 76 valence electrons. The Morgan fingerprint density at radius 2 is 2.29 bits per heavy atom. The monoisotopic (exact) mass is 255 g/mol. The van der Waals surface area contributed by atoms with E-state index in [2.05, 4.69) is 27.8 Å². The number of nitrogens with one attached hydrogen (secondary N) is 1. The molecule has 0 unspecified atom stereocenters. The van der Waals surface area contributed by atoms with Gasteiger partial charge in [0.2, 0.25) is 0 Å². The molecular weight excluding hydrogens is 242 g/mol. The van der Waals surface area contributed by atoms with Crippen molar-refractivity contribution in [3.05, 3.63) is 40.4 Å². The molecule has 0 radical (unpaired) electrons. The standard InChI is InChI=1S/C11H14BrNO/c1-8(2)6-13-7-9-5-10(12)3-4-11(9)14/h3-5,13-14H,1,6-7H2,2H3. The fourth-order valence-electron chi connectivity index (χ4n) is 1.11. The van der Waals surface area contributed by atoms with Crippen LogP contribution in [0.1, 0.15) is 12.5 Å². The Hall–Kier alpha value is -0.800. The fraction of sp³-hybridized carbons (Fsp3) is 0.273. The van der Waals surface area contributed by atoms with Crippen molar-refractivity contribution < 1.29 is 5.11 Å². The highest BCUT2D eigenvalue weighted by atomic mass is 79.9. The Labute approximate surface area is 92.8 Å². The molecule has 2 N–H and O–H groups in total. The van der Waals surface area contributed by atoms with E-state index in [4.69, 9.17) is 0 Å². The van der Waals surface area contributed by atoms with Gasteiger partial charge in [0.05, 0.1) is 0 Å². The van der Waals surface area contributed by atoms with E-state index < -0.39 is 0 Å². The third-order valence-corrected chi connectivity index (χ3v) is 2.28. The molecule has 1 aromatic carbocycles. The van der Waals surface area contributed by atoms with Gasteiger partial charge in [0.1, 0.15) is 5.75 Å². The summed E-state index contributed by atoms with van der Waals surface area (Å²) in [6, 6.07) is 5.40. The smallest absolute Gasteiger partial charge is 0.120 e. The highest BCUT2D eigenvalue weighted by Crippen LogP contribution is 2.21. The normalized spacial score (nSPS) is 10.1. The molecule has 0 spiro atoms. The lowest BCUT2D eigenvalue weighted by molar-refractivity contribution is 0.465. The summed E-state index contributed by atoms with van der Waals surface area (Å²) in [5.41, 5.74) is 1.97. The third kappa shape index (κ3) is 3.52. The van der Waals surface area contributed by atoms with E-state index in [-0.39, 0.29) is 0 Å². The summed E-state index contributed by atoms with van der Waals surface area (Å²) in [7, 11) is 0. The Morgan fingerprint density at radius 3 is 2.93 bits per heavy atom. The first-order valence-corrected chi connectivity index (χ1v) is 5.21. The highest BCUT2D eigenvalue weighted by Gasteiger charge is 2.00. The van der Waals surface area contributed by atoms with Crippen LogP contribution in [0.2, 0.25) is 0 Å². The van der Waals surface area contributed by atoms with Gasteiger partial charge in [0.25, 0.3) is 0 Å². The summed E-state index contributed by atoms with van der Waals surface area (Å²) in [5, 5.41) is 12.7. The maximum absolute atomic E-state index is 9.52. The summed E-state index contributed by atoms with van der Waals surface area (Å²) in [6.45, 7) is 7.18. The summed E-state index contributed by atoms with van der Waals surface area (Å²) < 4.78 is 0.974. The van der Waals surface area contributed by atoms with Crippen LogP contribution >= 0.6 is 15.9 Å². The zero-order valence-corrected chi connectivity index (χ0v) is 9.76. The fourth-order valence-corrected chi connectivity index (χ4v) is 1.51. The zero-order chi connectivity index (χ0) is 10.6. The lowest BCUT2D eigenvalue weighted by Gasteiger charge is -2.06. The summed E-state index contributed by atoms with van der Waals surface area (Å²) in [6.07, 6.45) is 0. The largest absolute Gasteiger partial charge is 0.508 e. The predicted octanol–water partition coefficient (Wildman–Crippen LogP) is 2.82. The predicted molar refractivity (Wildman–Crippen MR) is 62.3 cm³/mol. The van der Waals surface area contributed by atoms with Crippen molar-refractivity contribution in [1.29, 1.82) is 0 Å². The first-order chi connectivity index (χ1) is 6.59. The van der Waals surface area contributed by atoms with Crippen LogP contribution in [0.25, 0.3) is 0 Å². The van der Waals surface area contributed by atoms with Gasteiger partial charge in [0, 0.05) is 23.1 Å². The molecule has 0 atom stereocenters. The van der Waals surface area contributed by atoms with Crippen molar-refractivity contribution >= 4 is 15.9 Å². The van der Waals surface area contributed by atoms with Crippen LogP contribution in [0.3, 0.4) is 0 Å². The molecule has 0 aliphatic heterocycles. The van der Waals surface area contributed by atoms with Crippen LogP contribution < -0.4 is 5.32 Å². The van der Waals surface area contributed by atoms with E-state index in [0.29, 0.717) is 12.3 Å². The van der Waals surface area contributed by atoms with Gasteiger partial charge in [-0.1, -0.05) is 28.1 Å². The molecular formula is C11H14BrNO. The number of aromatic hydroxyl groups is 1. The summed E-state index contributed by atoms with van der Waals surface area (Å²) in [5.74, 6) is 0.322. The summed E-state index contributed by atoms with van der Waals surface area (Å²) in [4.78, 5) is 0. The number of benzene rings is 1. The van der Waals surface area contributed by atoms with Crippen molar-refractivity contribution in [1.82, 2.24) is 5.32 Å². The lowest BCUT2D eigenvalue weighted by Crippen LogP contribution is -2.15. The average molecular weight is 256 g/mol. The van der Waals surface area contributed by atoms with E-state index >= 15 is 0 Å².